The SMILES string of the molecule is CC[C@H]1OC(=O)C[C@@H](O)[C@H](C)[C@@H](O[C@H]2CC(N(C)C)[C@H](O[C@H]3CC(C)(O)[C@@H](O)C(C)O3)C(C)O2)[C@@H](CC=O)C[C@@H](C)C(=O)/C=C/[C@@]2(C)O[C@@H]2[C@H]1CO[C@@H]1OC(C)[C@@H](O)C(OC)C1OC. The Morgan fingerprint density at radius 2 is 1.53 bits per heavy atom. The van der Waals surface area contributed by atoms with Crippen LogP contribution < -0.4 is 0 Å². The predicted molar refractivity (Wildman–Crippen MR) is 228 cm³/mol. The van der Waals surface area contributed by atoms with E-state index >= 15 is 0 Å². The van der Waals surface area contributed by atoms with Gasteiger partial charge in [-0.3, -0.25) is 9.59 Å². The summed E-state index contributed by atoms with van der Waals surface area (Å²) < 4.78 is 61.6. The fourth-order valence-electron chi connectivity index (χ4n) is 10.1. The summed E-state index contributed by atoms with van der Waals surface area (Å²) in [5.41, 5.74) is -2.33. The first kappa shape index (κ1) is 53.0. The predicted octanol–water partition coefficient (Wildman–Crippen LogP) is 2.07. The largest absolute Gasteiger partial charge is 0.462 e. The number of rotatable bonds is 13. The molecule has 0 spiro atoms. The molecular formula is C46H77NO17. The summed E-state index contributed by atoms with van der Waals surface area (Å²) >= 11 is 0. The van der Waals surface area contributed by atoms with Gasteiger partial charge in [-0.2, -0.15) is 0 Å². The Bertz CT molecular complexity index is 1570. The number of carbonyl (C=O) groups excluding carboxylic acids is 3. The van der Waals surface area contributed by atoms with Crippen LogP contribution >= 0.6 is 0 Å². The van der Waals surface area contributed by atoms with Crippen molar-refractivity contribution < 1.29 is 82.2 Å². The minimum Gasteiger partial charge on any atom is -0.462 e. The number of ketones is 1. The number of methoxy groups -OCH3 is 2. The fraction of sp³-hybridized carbons (Fsp3) is 0.891. The zero-order valence-electron chi connectivity index (χ0n) is 39.8. The number of aldehydes is 1. The zero-order chi connectivity index (χ0) is 47.4. The zero-order valence-corrected chi connectivity index (χ0v) is 39.8. The molecule has 64 heavy (non-hydrogen) atoms. The molecule has 7 unspecified atom stereocenters. The average Bonchev–Trinajstić information content (AvgIpc) is 3.91. The smallest absolute Gasteiger partial charge is 0.308 e. The fourth-order valence-corrected chi connectivity index (χ4v) is 10.1. The number of cyclic esters (lactones) is 1. The Labute approximate surface area is 378 Å². The maximum absolute atomic E-state index is 13.9. The molecular weight excluding hydrogens is 838 g/mol. The molecule has 18 heteroatoms. The maximum atomic E-state index is 13.9. The molecule has 4 N–H and O–H groups in total. The minimum absolute atomic E-state index is 0.00729. The highest BCUT2D eigenvalue weighted by Crippen LogP contribution is 2.46. The van der Waals surface area contributed by atoms with Gasteiger partial charge in [0.05, 0.1) is 55.3 Å². The lowest BCUT2D eigenvalue weighted by atomic mass is 9.79. The molecule has 5 aliphatic heterocycles. The van der Waals surface area contributed by atoms with Gasteiger partial charge in [0.15, 0.2) is 24.7 Å². The maximum Gasteiger partial charge on any atom is 0.308 e. The molecule has 5 heterocycles. The first-order chi connectivity index (χ1) is 30.1. The topological polar surface area (TPSA) is 231 Å². The van der Waals surface area contributed by atoms with E-state index in [4.69, 9.17) is 47.4 Å². The van der Waals surface area contributed by atoms with Crippen LogP contribution in [-0.2, 0) is 61.8 Å². The van der Waals surface area contributed by atoms with E-state index in [0.29, 0.717) is 12.8 Å². The van der Waals surface area contributed by atoms with Gasteiger partial charge < -0.3 is 77.5 Å². The van der Waals surface area contributed by atoms with Crippen LogP contribution in [0.3, 0.4) is 0 Å². The lowest BCUT2D eigenvalue weighted by Gasteiger charge is -2.48. The van der Waals surface area contributed by atoms with Crippen molar-refractivity contribution in [1.29, 1.82) is 0 Å². The second-order valence-electron chi connectivity index (χ2n) is 19.4. The van der Waals surface area contributed by atoms with Gasteiger partial charge >= 0.3 is 5.97 Å². The molecule has 0 bridgehead atoms. The standard InChI is InChI=1S/C46H77NO17/c1-13-33-29(22-57-44-41(56-12)40(55-11)37(52)25(4)60-44)43-46(8,64-43)16-14-31(49)23(2)18-28(15-17-48)38(24(3)32(50)20-34(51)61-33)62-35-19-30(47(9)10)39(26(5)58-35)63-36-21-45(7,54)42(53)27(6)59-36/h14,16-17,23-30,32-33,35-44,50,52-54H,13,15,18-22H2,1-12H3/b16-14+/t23-,24+,25?,26?,27?,28+,29+,30?,32-,33-,35+,36+,37-,38-,39-,40?,41?,42+,43-,44-,45?,46-/m1/s1. The number of ether oxygens (including phenoxy) is 10. The van der Waals surface area contributed by atoms with Gasteiger partial charge in [0.2, 0.25) is 0 Å². The number of nitrogens with zero attached hydrogens (tertiary/aromatic N) is 1. The van der Waals surface area contributed by atoms with Crippen LogP contribution in [0.1, 0.15) is 93.9 Å². The number of fused-ring (bicyclic) bond motifs is 1. The summed E-state index contributed by atoms with van der Waals surface area (Å²) in [6.45, 7) is 14.0. The van der Waals surface area contributed by atoms with Crippen LogP contribution in [-0.4, -0.2) is 188 Å². The molecule has 0 radical (unpaired) electrons. The molecule has 0 aromatic carbocycles. The molecule has 4 fully saturated rings. The van der Waals surface area contributed by atoms with Gasteiger partial charge in [-0.25, -0.2) is 0 Å². The lowest BCUT2D eigenvalue weighted by molar-refractivity contribution is -0.322. The van der Waals surface area contributed by atoms with Crippen molar-refractivity contribution in [1.82, 2.24) is 4.90 Å². The lowest BCUT2D eigenvalue weighted by Crippen LogP contribution is -2.60. The number of esters is 1. The highest BCUT2D eigenvalue weighted by Gasteiger charge is 2.58. The molecule has 0 aromatic heterocycles. The molecule has 368 valence electrons. The quantitative estimate of drug-likeness (QED) is 0.118. The molecule has 0 saturated carbocycles. The van der Waals surface area contributed by atoms with E-state index in [2.05, 4.69) is 0 Å². The molecule has 0 amide bonds. The van der Waals surface area contributed by atoms with E-state index in [1.807, 2.05) is 39.8 Å². The number of hydrogen-bond acceptors (Lipinski definition) is 18. The molecule has 18 nitrogen and oxygen atoms in total. The normalized spacial score (nSPS) is 48.0. The molecule has 0 aromatic rings. The van der Waals surface area contributed by atoms with Crippen molar-refractivity contribution in [2.45, 2.75) is 203 Å². The molecule has 5 rings (SSSR count). The van der Waals surface area contributed by atoms with Crippen LogP contribution in [0.5, 0.6) is 0 Å². The Hall–Kier alpha value is -2.01. The van der Waals surface area contributed by atoms with Crippen LogP contribution in [0.25, 0.3) is 0 Å². The van der Waals surface area contributed by atoms with Crippen LogP contribution in [0, 0.1) is 23.7 Å². The molecule has 22 atom stereocenters. The van der Waals surface area contributed by atoms with Crippen molar-refractivity contribution in [3.63, 3.8) is 0 Å². The summed E-state index contributed by atoms with van der Waals surface area (Å²) in [6.07, 6.45) is -7.38. The average molecular weight is 916 g/mol. The number of carbonyl (C=O) groups is 3. The number of epoxide rings is 1. The number of allylic oxidation sites excluding steroid dienone is 1. The number of aliphatic hydroxyl groups excluding tert-OH is 3. The van der Waals surface area contributed by atoms with E-state index in [0.717, 1.165) is 6.29 Å². The summed E-state index contributed by atoms with van der Waals surface area (Å²) in [7, 11) is 6.75. The third kappa shape index (κ3) is 12.4. The monoisotopic (exact) mass is 916 g/mol. The Balaban J connectivity index is 1.38. The van der Waals surface area contributed by atoms with E-state index in [-0.39, 0.29) is 37.7 Å². The second-order valence-corrected chi connectivity index (χ2v) is 19.4. The number of likely N-dealkylation sites (N-methyl/N-ethyl adjacent to an activating group) is 1. The Kier molecular flexibility index (Phi) is 18.5. The summed E-state index contributed by atoms with van der Waals surface area (Å²) in [5.74, 6) is -3.25. The van der Waals surface area contributed by atoms with E-state index < -0.39 is 139 Å². The molecule has 5 aliphatic rings. The summed E-state index contributed by atoms with van der Waals surface area (Å²) in [6, 6.07) is -0.278. The molecule has 0 aliphatic carbocycles. The third-order valence-corrected chi connectivity index (χ3v) is 14.2. The molecule has 4 saturated heterocycles. The van der Waals surface area contributed by atoms with Gasteiger partial charge in [-0.15, -0.1) is 0 Å². The van der Waals surface area contributed by atoms with E-state index in [9.17, 15) is 34.8 Å². The Morgan fingerprint density at radius 3 is 2.14 bits per heavy atom. The van der Waals surface area contributed by atoms with Gasteiger partial charge in [0, 0.05) is 57.3 Å². The van der Waals surface area contributed by atoms with Crippen molar-refractivity contribution >= 4 is 18.0 Å². The minimum atomic E-state index is -1.42. The summed E-state index contributed by atoms with van der Waals surface area (Å²) in [4.78, 5) is 42.0. The van der Waals surface area contributed by atoms with Crippen LogP contribution in [0.15, 0.2) is 12.2 Å². The van der Waals surface area contributed by atoms with Gasteiger partial charge in [-0.1, -0.05) is 20.8 Å². The number of aliphatic hydroxyl groups is 4. The van der Waals surface area contributed by atoms with Crippen molar-refractivity contribution in [2.75, 3.05) is 34.9 Å². The highest BCUT2D eigenvalue weighted by atomic mass is 16.7. The van der Waals surface area contributed by atoms with Crippen LogP contribution in [0.2, 0.25) is 0 Å². The second kappa shape index (κ2) is 22.4. The van der Waals surface area contributed by atoms with Crippen molar-refractivity contribution in [2.24, 2.45) is 23.7 Å². The van der Waals surface area contributed by atoms with E-state index in [1.165, 1.54) is 20.3 Å². The first-order valence-electron chi connectivity index (χ1n) is 23.0. The highest BCUT2D eigenvalue weighted by molar-refractivity contribution is 5.91. The van der Waals surface area contributed by atoms with Gasteiger partial charge in [0.25, 0.3) is 0 Å². The van der Waals surface area contributed by atoms with Crippen LogP contribution in [0.4, 0.5) is 0 Å². The van der Waals surface area contributed by atoms with Gasteiger partial charge in [-0.05, 0) is 79.6 Å². The number of hydrogen-bond donors (Lipinski definition) is 4. The first-order valence-corrected chi connectivity index (χ1v) is 23.0. The third-order valence-electron chi connectivity index (χ3n) is 14.2. The van der Waals surface area contributed by atoms with Crippen molar-refractivity contribution in [3.05, 3.63) is 12.2 Å². The Morgan fingerprint density at radius 1 is 0.875 bits per heavy atom. The summed E-state index contributed by atoms with van der Waals surface area (Å²) in [5, 5.41) is 43.9. The van der Waals surface area contributed by atoms with Crippen molar-refractivity contribution in [3.8, 4) is 0 Å². The van der Waals surface area contributed by atoms with E-state index in [1.54, 1.807) is 40.7 Å². The van der Waals surface area contributed by atoms with Gasteiger partial charge in [0.1, 0.15) is 48.5 Å².